The predicted octanol–water partition coefficient (Wildman–Crippen LogP) is 0.639. The second-order valence-electron chi connectivity index (χ2n) is 4.72. The molecule has 0 amide bonds. The van der Waals surface area contributed by atoms with Crippen LogP contribution in [0.3, 0.4) is 0 Å². The summed E-state index contributed by atoms with van der Waals surface area (Å²) in [5.41, 5.74) is 8.31. The predicted molar refractivity (Wildman–Crippen MR) is 62.8 cm³/mol. The molecule has 2 aromatic rings. The van der Waals surface area contributed by atoms with Crippen LogP contribution in [0.2, 0.25) is 0 Å². The summed E-state index contributed by atoms with van der Waals surface area (Å²) in [7, 11) is 0. The molecular formula is C12H14N2O3. The molecule has 0 bridgehead atoms. The first-order chi connectivity index (χ1) is 8.21. The van der Waals surface area contributed by atoms with E-state index in [0.29, 0.717) is 25.3 Å². The Morgan fingerprint density at radius 1 is 1.41 bits per heavy atom. The van der Waals surface area contributed by atoms with Crippen LogP contribution in [-0.2, 0) is 11.2 Å². The Kier molecular flexibility index (Phi) is 2.31. The van der Waals surface area contributed by atoms with Gasteiger partial charge in [0.05, 0.1) is 18.7 Å². The standard InChI is InChI=1S/C12H14N2O3/c13-5-12(6-16-7-12)4-8-1-2-10-9(3-8)14-11(15)17-10/h1-3H,4-7,13H2,(H,14,15). The fraction of sp³-hybridized carbons (Fsp3) is 0.417. The summed E-state index contributed by atoms with van der Waals surface area (Å²) in [6.07, 6.45) is 0.868. The van der Waals surface area contributed by atoms with E-state index in [1.165, 1.54) is 0 Å². The van der Waals surface area contributed by atoms with Gasteiger partial charge in [-0.15, -0.1) is 0 Å². The molecule has 90 valence electrons. The molecule has 5 heteroatoms. The first-order valence-corrected chi connectivity index (χ1v) is 5.60. The lowest BCUT2D eigenvalue weighted by Gasteiger charge is -2.40. The monoisotopic (exact) mass is 234 g/mol. The summed E-state index contributed by atoms with van der Waals surface area (Å²) in [6.45, 7) is 2.04. The molecule has 1 fully saturated rings. The lowest BCUT2D eigenvalue weighted by atomic mass is 9.80. The molecule has 0 spiro atoms. The number of aromatic nitrogens is 1. The molecule has 0 unspecified atom stereocenters. The Hall–Kier alpha value is -1.59. The Bertz CT molecular complexity index is 590. The highest BCUT2D eigenvalue weighted by atomic mass is 16.5. The molecule has 0 atom stereocenters. The minimum Gasteiger partial charge on any atom is -0.408 e. The Morgan fingerprint density at radius 2 is 2.24 bits per heavy atom. The molecule has 3 rings (SSSR count). The number of oxazole rings is 1. The zero-order valence-electron chi connectivity index (χ0n) is 9.36. The van der Waals surface area contributed by atoms with Gasteiger partial charge in [-0.1, -0.05) is 6.07 Å². The van der Waals surface area contributed by atoms with Gasteiger partial charge in [0.1, 0.15) is 0 Å². The van der Waals surface area contributed by atoms with Crippen LogP contribution in [0.25, 0.3) is 11.1 Å². The van der Waals surface area contributed by atoms with Crippen molar-refractivity contribution in [1.29, 1.82) is 0 Å². The van der Waals surface area contributed by atoms with E-state index in [1.807, 2.05) is 18.2 Å². The van der Waals surface area contributed by atoms with Gasteiger partial charge in [0.25, 0.3) is 0 Å². The maximum absolute atomic E-state index is 11.0. The normalized spacial score (nSPS) is 18.2. The van der Waals surface area contributed by atoms with E-state index in [2.05, 4.69) is 4.98 Å². The van der Waals surface area contributed by atoms with Gasteiger partial charge < -0.3 is 14.9 Å². The number of benzene rings is 1. The van der Waals surface area contributed by atoms with Crippen molar-refractivity contribution in [3.8, 4) is 0 Å². The Labute approximate surface area is 97.6 Å². The van der Waals surface area contributed by atoms with Crippen molar-refractivity contribution >= 4 is 11.1 Å². The largest absolute Gasteiger partial charge is 0.417 e. The molecule has 17 heavy (non-hydrogen) atoms. The van der Waals surface area contributed by atoms with Crippen LogP contribution in [0, 0.1) is 5.41 Å². The highest BCUT2D eigenvalue weighted by Crippen LogP contribution is 2.31. The van der Waals surface area contributed by atoms with Crippen molar-refractivity contribution in [3.63, 3.8) is 0 Å². The molecule has 0 saturated carbocycles. The maximum atomic E-state index is 11.0. The molecule has 2 heterocycles. The van der Waals surface area contributed by atoms with E-state index in [1.54, 1.807) is 0 Å². The third kappa shape index (κ3) is 1.77. The van der Waals surface area contributed by atoms with Crippen molar-refractivity contribution in [2.45, 2.75) is 6.42 Å². The summed E-state index contributed by atoms with van der Waals surface area (Å²) in [5.74, 6) is -0.419. The van der Waals surface area contributed by atoms with Crippen molar-refractivity contribution < 1.29 is 9.15 Å². The molecule has 1 aromatic carbocycles. The number of aromatic amines is 1. The smallest absolute Gasteiger partial charge is 0.408 e. The first-order valence-electron chi connectivity index (χ1n) is 5.60. The molecule has 0 radical (unpaired) electrons. The van der Waals surface area contributed by atoms with Crippen LogP contribution in [0.15, 0.2) is 27.4 Å². The average molecular weight is 234 g/mol. The highest BCUT2D eigenvalue weighted by Gasteiger charge is 2.37. The molecule has 1 aromatic heterocycles. The van der Waals surface area contributed by atoms with Gasteiger partial charge in [0.2, 0.25) is 0 Å². The molecule has 3 N–H and O–H groups in total. The molecule has 5 nitrogen and oxygen atoms in total. The number of hydrogen-bond acceptors (Lipinski definition) is 4. The molecule has 1 saturated heterocycles. The summed E-state index contributed by atoms with van der Waals surface area (Å²) in [4.78, 5) is 13.7. The maximum Gasteiger partial charge on any atom is 0.417 e. The SMILES string of the molecule is NCC1(Cc2ccc3oc(=O)[nH]c3c2)COC1. The Morgan fingerprint density at radius 3 is 2.88 bits per heavy atom. The average Bonchev–Trinajstić information content (AvgIpc) is 2.63. The van der Waals surface area contributed by atoms with Crippen molar-refractivity contribution in [2.75, 3.05) is 19.8 Å². The number of fused-ring (bicyclic) bond motifs is 1. The summed E-state index contributed by atoms with van der Waals surface area (Å²) in [6, 6.07) is 5.72. The summed E-state index contributed by atoms with van der Waals surface area (Å²) >= 11 is 0. The van der Waals surface area contributed by atoms with Crippen molar-refractivity contribution in [1.82, 2.24) is 4.98 Å². The van der Waals surface area contributed by atoms with Gasteiger partial charge >= 0.3 is 5.76 Å². The molecular weight excluding hydrogens is 220 g/mol. The van der Waals surface area contributed by atoms with Gasteiger partial charge in [0, 0.05) is 12.0 Å². The zero-order chi connectivity index (χ0) is 11.9. The van der Waals surface area contributed by atoms with E-state index in [-0.39, 0.29) is 5.41 Å². The highest BCUT2D eigenvalue weighted by molar-refractivity contribution is 5.72. The molecule has 0 aliphatic carbocycles. The number of rotatable bonds is 3. The minimum absolute atomic E-state index is 0.0672. The lowest BCUT2D eigenvalue weighted by molar-refractivity contribution is -0.106. The lowest BCUT2D eigenvalue weighted by Crippen LogP contribution is -2.49. The number of H-pyrrole nitrogens is 1. The fourth-order valence-electron chi connectivity index (χ4n) is 2.22. The second kappa shape index (κ2) is 3.72. The van der Waals surface area contributed by atoms with Crippen LogP contribution in [-0.4, -0.2) is 24.7 Å². The van der Waals surface area contributed by atoms with Gasteiger partial charge in [-0.3, -0.25) is 4.98 Å². The van der Waals surface area contributed by atoms with Crippen LogP contribution < -0.4 is 11.5 Å². The van der Waals surface area contributed by atoms with Gasteiger partial charge in [-0.2, -0.15) is 0 Å². The van der Waals surface area contributed by atoms with Gasteiger partial charge in [-0.05, 0) is 24.1 Å². The second-order valence-corrected chi connectivity index (χ2v) is 4.72. The quantitative estimate of drug-likeness (QED) is 0.816. The molecule has 1 aliphatic heterocycles. The van der Waals surface area contributed by atoms with Crippen LogP contribution in [0.5, 0.6) is 0 Å². The number of nitrogens with one attached hydrogen (secondary N) is 1. The third-order valence-electron chi connectivity index (χ3n) is 3.31. The number of ether oxygens (including phenoxy) is 1. The Balaban J connectivity index is 1.92. The number of nitrogens with two attached hydrogens (primary N) is 1. The number of hydrogen-bond donors (Lipinski definition) is 2. The fourth-order valence-corrected chi connectivity index (χ4v) is 2.22. The van der Waals surface area contributed by atoms with Crippen LogP contribution >= 0.6 is 0 Å². The summed E-state index contributed by atoms with van der Waals surface area (Å²) in [5, 5.41) is 0. The van der Waals surface area contributed by atoms with Crippen molar-refractivity contribution in [3.05, 3.63) is 34.3 Å². The van der Waals surface area contributed by atoms with Gasteiger partial charge in [0.15, 0.2) is 5.58 Å². The van der Waals surface area contributed by atoms with Gasteiger partial charge in [-0.25, -0.2) is 4.79 Å². The topological polar surface area (TPSA) is 81.2 Å². The first kappa shape index (κ1) is 10.6. The zero-order valence-corrected chi connectivity index (χ0v) is 9.36. The van der Waals surface area contributed by atoms with Crippen LogP contribution in [0.4, 0.5) is 0 Å². The third-order valence-corrected chi connectivity index (χ3v) is 3.31. The van der Waals surface area contributed by atoms with E-state index in [0.717, 1.165) is 17.5 Å². The van der Waals surface area contributed by atoms with Crippen LogP contribution in [0.1, 0.15) is 5.56 Å². The van der Waals surface area contributed by atoms with Crippen molar-refractivity contribution in [2.24, 2.45) is 11.1 Å². The van der Waals surface area contributed by atoms with E-state index < -0.39 is 5.76 Å². The van der Waals surface area contributed by atoms with E-state index in [4.69, 9.17) is 14.9 Å². The minimum atomic E-state index is -0.419. The van der Waals surface area contributed by atoms with E-state index in [9.17, 15) is 4.79 Å². The van der Waals surface area contributed by atoms with E-state index >= 15 is 0 Å². The molecule has 1 aliphatic rings. The summed E-state index contributed by atoms with van der Waals surface area (Å²) < 4.78 is 10.2.